The first kappa shape index (κ1) is 16.9. The van der Waals surface area contributed by atoms with Crippen molar-refractivity contribution < 1.29 is 14.2 Å². The van der Waals surface area contributed by atoms with E-state index in [1.54, 1.807) is 23.9 Å². The second-order valence-corrected chi connectivity index (χ2v) is 6.26. The van der Waals surface area contributed by atoms with Gasteiger partial charge in [0.05, 0.1) is 26.0 Å². The molecule has 1 fully saturated rings. The second-order valence-electron chi connectivity index (χ2n) is 6.26. The lowest BCUT2D eigenvalue weighted by Gasteiger charge is -2.32. The molecule has 1 atom stereocenters. The van der Waals surface area contributed by atoms with E-state index in [2.05, 4.69) is 10.00 Å². The number of methoxy groups -OCH3 is 1. The fourth-order valence-electron chi connectivity index (χ4n) is 3.29. The van der Waals surface area contributed by atoms with Gasteiger partial charge in [0, 0.05) is 36.8 Å². The molecule has 5 nitrogen and oxygen atoms in total. The minimum Gasteiger partial charge on any atom is -0.497 e. The van der Waals surface area contributed by atoms with Crippen molar-refractivity contribution >= 4 is 0 Å². The molecule has 1 aromatic carbocycles. The molecule has 24 heavy (non-hydrogen) atoms. The summed E-state index contributed by atoms with van der Waals surface area (Å²) in [5, 5.41) is 13.5. The molecule has 0 amide bonds. The highest BCUT2D eigenvalue weighted by Gasteiger charge is 2.23. The van der Waals surface area contributed by atoms with E-state index in [4.69, 9.17) is 9.84 Å². The van der Waals surface area contributed by atoms with E-state index in [9.17, 15) is 4.39 Å². The van der Waals surface area contributed by atoms with Crippen molar-refractivity contribution in [2.45, 2.75) is 31.8 Å². The Hall–Kier alpha value is -1.92. The van der Waals surface area contributed by atoms with Gasteiger partial charge in [-0.25, -0.2) is 4.39 Å². The zero-order valence-corrected chi connectivity index (χ0v) is 14.0. The minimum atomic E-state index is -0.219. The smallest absolute Gasteiger partial charge is 0.131 e. The molecule has 1 aliphatic rings. The number of piperidine rings is 1. The molecule has 0 saturated carbocycles. The highest BCUT2D eigenvalue weighted by atomic mass is 19.1. The monoisotopic (exact) mass is 333 g/mol. The van der Waals surface area contributed by atoms with Crippen LogP contribution in [0, 0.1) is 5.82 Å². The van der Waals surface area contributed by atoms with Crippen molar-refractivity contribution in [3.05, 3.63) is 47.5 Å². The summed E-state index contributed by atoms with van der Waals surface area (Å²) >= 11 is 0. The Morgan fingerprint density at radius 3 is 3.00 bits per heavy atom. The summed E-state index contributed by atoms with van der Waals surface area (Å²) in [7, 11) is 1.54. The molecule has 0 spiro atoms. The number of halogens is 1. The molecule has 3 rings (SSSR count). The fourth-order valence-corrected chi connectivity index (χ4v) is 3.29. The average molecular weight is 333 g/mol. The van der Waals surface area contributed by atoms with Gasteiger partial charge in [0.1, 0.15) is 11.6 Å². The quantitative estimate of drug-likeness (QED) is 0.882. The van der Waals surface area contributed by atoms with Gasteiger partial charge in [0.2, 0.25) is 0 Å². The molecular formula is C18H24FN3O2. The number of ether oxygens (including phenoxy) is 1. The van der Waals surface area contributed by atoms with Crippen LogP contribution in [0.5, 0.6) is 5.75 Å². The summed E-state index contributed by atoms with van der Waals surface area (Å²) < 4.78 is 21.0. The summed E-state index contributed by atoms with van der Waals surface area (Å²) in [5.41, 5.74) is 1.76. The zero-order chi connectivity index (χ0) is 16.9. The summed E-state index contributed by atoms with van der Waals surface area (Å²) in [6, 6.07) is 7.06. The van der Waals surface area contributed by atoms with E-state index < -0.39 is 0 Å². The third-order valence-electron chi connectivity index (χ3n) is 4.57. The van der Waals surface area contributed by atoms with Crippen LogP contribution in [0.3, 0.4) is 0 Å². The molecule has 1 saturated heterocycles. The van der Waals surface area contributed by atoms with Crippen molar-refractivity contribution in [2.75, 3.05) is 26.8 Å². The number of rotatable bonds is 6. The number of benzene rings is 1. The number of aliphatic hydroxyl groups excluding tert-OH is 1. The largest absolute Gasteiger partial charge is 0.497 e. The third-order valence-corrected chi connectivity index (χ3v) is 4.57. The highest BCUT2D eigenvalue weighted by Crippen LogP contribution is 2.27. The molecule has 130 valence electrons. The SMILES string of the molecule is COc1ccc(CN2CCC[C@@H](c3ccn(CCO)n3)C2)c(F)c1. The lowest BCUT2D eigenvalue weighted by atomic mass is 9.94. The number of likely N-dealkylation sites (tertiary alicyclic amines) is 1. The van der Waals surface area contributed by atoms with E-state index in [-0.39, 0.29) is 12.4 Å². The first-order valence-electron chi connectivity index (χ1n) is 8.38. The number of hydrogen-bond donors (Lipinski definition) is 1. The third kappa shape index (κ3) is 3.94. The van der Waals surface area contributed by atoms with Gasteiger partial charge in [-0.2, -0.15) is 5.10 Å². The topological polar surface area (TPSA) is 50.5 Å². The summed E-state index contributed by atoms with van der Waals surface area (Å²) in [4.78, 5) is 2.28. The fraction of sp³-hybridized carbons (Fsp3) is 0.500. The Balaban J connectivity index is 1.64. The van der Waals surface area contributed by atoms with E-state index in [1.165, 1.54) is 6.07 Å². The van der Waals surface area contributed by atoms with E-state index in [1.807, 2.05) is 12.3 Å². The molecule has 0 radical (unpaired) electrons. The van der Waals surface area contributed by atoms with Gasteiger partial charge in [-0.3, -0.25) is 9.58 Å². The van der Waals surface area contributed by atoms with Crippen molar-refractivity contribution in [2.24, 2.45) is 0 Å². The molecular weight excluding hydrogens is 309 g/mol. The molecule has 1 aliphatic heterocycles. The lowest BCUT2D eigenvalue weighted by molar-refractivity contribution is 0.195. The second kappa shape index (κ2) is 7.77. The first-order chi connectivity index (χ1) is 11.7. The summed E-state index contributed by atoms with van der Waals surface area (Å²) in [6.07, 6.45) is 4.08. The van der Waals surface area contributed by atoms with Crippen LogP contribution in [0.15, 0.2) is 30.5 Å². The van der Waals surface area contributed by atoms with E-state index in [0.29, 0.717) is 30.3 Å². The van der Waals surface area contributed by atoms with Gasteiger partial charge in [0.25, 0.3) is 0 Å². The van der Waals surface area contributed by atoms with Crippen LogP contribution in [-0.4, -0.2) is 46.6 Å². The minimum absolute atomic E-state index is 0.0919. The van der Waals surface area contributed by atoms with Crippen molar-refractivity contribution in [1.29, 1.82) is 0 Å². The van der Waals surface area contributed by atoms with Gasteiger partial charge in [-0.05, 0) is 31.5 Å². The summed E-state index contributed by atoms with van der Waals surface area (Å²) in [5.74, 6) is 0.686. The van der Waals surface area contributed by atoms with Crippen LogP contribution < -0.4 is 4.74 Å². The van der Waals surface area contributed by atoms with E-state index >= 15 is 0 Å². The molecule has 2 aromatic rings. The lowest BCUT2D eigenvalue weighted by Crippen LogP contribution is -2.34. The number of aliphatic hydroxyl groups is 1. The van der Waals surface area contributed by atoms with Gasteiger partial charge >= 0.3 is 0 Å². The molecule has 6 heteroatoms. The average Bonchev–Trinajstić information content (AvgIpc) is 3.06. The van der Waals surface area contributed by atoms with Gasteiger partial charge in [0.15, 0.2) is 0 Å². The first-order valence-corrected chi connectivity index (χ1v) is 8.38. The molecule has 0 aliphatic carbocycles. The standard InChI is InChI=1S/C18H24FN3O2/c1-24-16-5-4-14(17(19)11-16)12-21-7-2-3-15(13-21)18-6-8-22(20-18)9-10-23/h4-6,8,11,15,23H,2-3,7,9-10,12-13H2,1H3/t15-/m1/s1. The normalized spacial score (nSPS) is 18.7. The Kier molecular flexibility index (Phi) is 5.48. The number of nitrogens with zero attached hydrogens (tertiary/aromatic N) is 3. The van der Waals surface area contributed by atoms with Gasteiger partial charge in [-0.1, -0.05) is 6.07 Å². The Bertz CT molecular complexity index is 674. The predicted octanol–water partition coefficient (Wildman–Crippen LogP) is 2.40. The van der Waals surface area contributed by atoms with Crippen LogP contribution in [-0.2, 0) is 13.1 Å². The highest BCUT2D eigenvalue weighted by molar-refractivity contribution is 5.29. The van der Waals surface area contributed by atoms with Crippen LogP contribution >= 0.6 is 0 Å². The van der Waals surface area contributed by atoms with Crippen molar-refractivity contribution in [1.82, 2.24) is 14.7 Å². The van der Waals surface area contributed by atoms with Crippen LogP contribution in [0.4, 0.5) is 4.39 Å². The van der Waals surface area contributed by atoms with E-state index in [0.717, 1.165) is 31.6 Å². The van der Waals surface area contributed by atoms with Crippen LogP contribution in [0.1, 0.15) is 30.0 Å². The Morgan fingerprint density at radius 1 is 1.38 bits per heavy atom. The maximum absolute atomic E-state index is 14.2. The number of hydrogen-bond acceptors (Lipinski definition) is 4. The molecule has 0 unspecified atom stereocenters. The van der Waals surface area contributed by atoms with Crippen LogP contribution in [0.25, 0.3) is 0 Å². The van der Waals surface area contributed by atoms with Crippen molar-refractivity contribution in [3.63, 3.8) is 0 Å². The number of aromatic nitrogens is 2. The van der Waals surface area contributed by atoms with Gasteiger partial charge in [-0.15, -0.1) is 0 Å². The van der Waals surface area contributed by atoms with Gasteiger partial charge < -0.3 is 9.84 Å². The van der Waals surface area contributed by atoms with Crippen LogP contribution in [0.2, 0.25) is 0 Å². The molecule has 1 N–H and O–H groups in total. The predicted molar refractivity (Wildman–Crippen MR) is 89.5 cm³/mol. The zero-order valence-electron chi connectivity index (χ0n) is 14.0. The maximum atomic E-state index is 14.2. The maximum Gasteiger partial charge on any atom is 0.131 e. The summed E-state index contributed by atoms with van der Waals surface area (Å²) in [6.45, 7) is 3.06. The molecule has 1 aromatic heterocycles. The molecule has 0 bridgehead atoms. The van der Waals surface area contributed by atoms with Crippen molar-refractivity contribution in [3.8, 4) is 5.75 Å². The Labute approximate surface area is 141 Å². The Morgan fingerprint density at radius 2 is 2.25 bits per heavy atom. The molecule has 2 heterocycles.